The Morgan fingerprint density at radius 3 is 2.75 bits per heavy atom. The number of unbranched alkanes of at least 4 members (excludes halogenated alkanes) is 1. The van der Waals surface area contributed by atoms with Gasteiger partial charge in [-0.3, -0.25) is 4.79 Å². The van der Waals surface area contributed by atoms with E-state index in [1.807, 2.05) is 11.9 Å². The largest absolute Gasteiger partial charge is 0.341 e. The molecule has 0 spiro atoms. The van der Waals surface area contributed by atoms with Crippen molar-refractivity contribution in [3.8, 4) is 0 Å². The maximum absolute atomic E-state index is 11.9. The fraction of sp³-hybridized carbons (Fsp3) is 0.923. The molecule has 94 valence electrons. The Labute approximate surface area is 99.6 Å². The monoisotopic (exact) mass is 226 g/mol. The van der Waals surface area contributed by atoms with Crippen molar-refractivity contribution in [2.75, 3.05) is 20.1 Å². The van der Waals surface area contributed by atoms with Gasteiger partial charge < -0.3 is 10.2 Å². The van der Waals surface area contributed by atoms with Crippen LogP contribution < -0.4 is 5.32 Å². The van der Waals surface area contributed by atoms with E-state index in [0.29, 0.717) is 11.8 Å². The van der Waals surface area contributed by atoms with E-state index in [1.54, 1.807) is 0 Å². The summed E-state index contributed by atoms with van der Waals surface area (Å²) >= 11 is 0. The molecule has 1 saturated heterocycles. The number of likely N-dealkylation sites (N-methyl/N-ethyl adjacent to an activating group) is 1. The first-order valence-electron chi connectivity index (χ1n) is 6.68. The third kappa shape index (κ3) is 3.48. The molecule has 1 aliphatic rings. The van der Waals surface area contributed by atoms with Crippen LogP contribution in [0.4, 0.5) is 0 Å². The zero-order chi connectivity index (χ0) is 12.0. The lowest BCUT2D eigenvalue weighted by Crippen LogP contribution is -2.38. The molecule has 0 saturated carbocycles. The van der Waals surface area contributed by atoms with Crippen LogP contribution >= 0.6 is 0 Å². The van der Waals surface area contributed by atoms with E-state index in [-0.39, 0.29) is 6.04 Å². The maximum Gasteiger partial charge on any atom is 0.239 e. The molecule has 0 aromatic carbocycles. The summed E-state index contributed by atoms with van der Waals surface area (Å²) in [6.45, 7) is 6.36. The van der Waals surface area contributed by atoms with E-state index in [0.717, 1.165) is 19.5 Å². The molecule has 1 N–H and O–H groups in total. The van der Waals surface area contributed by atoms with E-state index in [9.17, 15) is 4.79 Å². The van der Waals surface area contributed by atoms with Gasteiger partial charge in [0.05, 0.1) is 6.04 Å². The van der Waals surface area contributed by atoms with Gasteiger partial charge in [-0.05, 0) is 25.8 Å². The molecule has 0 aromatic heterocycles. The molecule has 0 bridgehead atoms. The minimum absolute atomic E-state index is 0.0729. The molecule has 1 fully saturated rings. The van der Waals surface area contributed by atoms with Crippen LogP contribution in [0.25, 0.3) is 0 Å². The van der Waals surface area contributed by atoms with Crippen molar-refractivity contribution in [1.82, 2.24) is 10.2 Å². The van der Waals surface area contributed by atoms with Crippen LogP contribution in [0.15, 0.2) is 0 Å². The van der Waals surface area contributed by atoms with Crippen molar-refractivity contribution in [3.63, 3.8) is 0 Å². The lowest BCUT2D eigenvalue weighted by molar-refractivity contribution is -0.129. The van der Waals surface area contributed by atoms with Crippen LogP contribution in [0, 0.1) is 5.92 Å². The average Bonchev–Trinajstić information content (AvgIpc) is 2.65. The molecule has 2 atom stereocenters. The van der Waals surface area contributed by atoms with E-state index < -0.39 is 0 Å². The zero-order valence-electron chi connectivity index (χ0n) is 11.0. The number of amides is 1. The summed E-state index contributed by atoms with van der Waals surface area (Å²) in [5, 5.41) is 3.09. The van der Waals surface area contributed by atoms with Gasteiger partial charge in [0.1, 0.15) is 0 Å². The number of hydrogen-bond donors (Lipinski definition) is 1. The molecule has 0 radical (unpaired) electrons. The highest BCUT2D eigenvalue weighted by molar-refractivity contribution is 5.83. The highest BCUT2D eigenvalue weighted by Gasteiger charge is 2.30. The Balaban J connectivity index is 2.38. The van der Waals surface area contributed by atoms with Crippen molar-refractivity contribution >= 4 is 5.91 Å². The van der Waals surface area contributed by atoms with Crippen LogP contribution in [-0.2, 0) is 4.79 Å². The number of carbonyl (C=O) groups is 1. The second kappa shape index (κ2) is 6.89. The zero-order valence-corrected chi connectivity index (χ0v) is 11.0. The van der Waals surface area contributed by atoms with Gasteiger partial charge >= 0.3 is 0 Å². The van der Waals surface area contributed by atoms with Crippen molar-refractivity contribution in [1.29, 1.82) is 0 Å². The summed E-state index contributed by atoms with van der Waals surface area (Å²) in [5.41, 5.74) is 0. The van der Waals surface area contributed by atoms with Crippen molar-refractivity contribution in [2.45, 2.75) is 52.0 Å². The molecule has 1 aliphatic heterocycles. The average molecular weight is 226 g/mol. The van der Waals surface area contributed by atoms with Crippen molar-refractivity contribution in [2.24, 2.45) is 5.92 Å². The minimum atomic E-state index is 0.0729. The highest BCUT2D eigenvalue weighted by Crippen LogP contribution is 2.18. The summed E-state index contributed by atoms with van der Waals surface area (Å²) in [5.74, 6) is 0.997. The molecule has 3 nitrogen and oxygen atoms in total. The Hall–Kier alpha value is -0.570. The number of likely N-dealkylation sites (tertiary alicyclic amines) is 1. The summed E-state index contributed by atoms with van der Waals surface area (Å²) < 4.78 is 0. The standard InChI is InChI=1S/C13H26N2O/c1-4-6-7-11(5-2)10-15-9-8-12(14-3)13(15)16/h11-12,14H,4-10H2,1-3H3. The number of rotatable bonds is 7. The van der Waals surface area contributed by atoms with Crippen LogP contribution in [0.1, 0.15) is 46.0 Å². The number of hydrogen-bond acceptors (Lipinski definition) is 2. The van der Waals surface area contributed by atoms with E-state index in [4.69, 9.17) is 0 Å². The van der Waals surface area contributed by atoms with Crippen LogP contribution in [0.3, 0.4) is 0 Å². The molecule has 0 aliphatic carbocycles. The predicted molar refractivity (Wildman–Crippen MR) is 67.4 cm³/mol. The van der Waals surface area contributed by atoms with Gasteiger partial charge in [-0.25, -0.2) is 0 Å². The quantitative estimate of drug-likeness (QED) is 0.720. The van der Waals surface area contributed by atoms with Crippen LogP contribution in [-0.4, -0.2) is 37.0 Å². The van der Waals surface area contributed by atoms with Gasteiger partial charge in [-0.1, -0.05) is 33.1 Å². The molecule has 1 amide bonds. The first kappa shape index (κ1) is 13.5. The first-order chi connectivity index (χ1) is 7.72. The topological polar surface area (TPSA) is 32.3 Å². The molecule has 0 aromatic rings. The van der Waals surface area contributed by atoms with Gasteiger partial charge in [0.2, 0.25) is 5.91 Å². The van der Waals surface area contributed by atoms with Crippen molar-refractivity contribution in [3.05, 3.63) is 0 Å². The summed E-state index contributed by atoms with van der Waals surface area (Å²) in [6, 6.07) is 0.0729. The summed E-state index contributed by atoms with van der Waals surface area (Å²) in [6.07, 6.45) is 5.97. The van der Waals surface area contributed by atoms with E-state index >= 15 is 0 Å². The summed E-state index contributed by atoms with van der Waals surface area (Å²) in [7, 11) is 1.88. The van der Waals surface area contributed by atoms with Gasteiger partial charge in [-0.15, -0.1) is 0 Å². The van der Waals surface area contributed by atoms with Crippen molar-refractivity contribution < 1.29 is 4.79 Å². The smallest absolute Gasteiger partial charge is 0.239 e. The lowest BCUT2D eigenvalue weighted by Gasteiger charge is -2.23. The summed E-state index contributed by atoms with van der Waals surface area (Å²) in [4.78, 5) is 14.0. The second-order valence-electron chi connectivity index (χ2n) is 4.83. The highest BCUT2D eigenvalue weighted by atomic mass is 16.2. The third-order valence-corrected chi connectivity index (χ3v) is 3.67. The minimum Gasteiger partial charge on any atom is -0.341 e. The fourth-order valence-electron chi connectivity index (χ4n) is 2.42. The van der Waals surface area contributed by atoms with Crippen LogP contribution in [0.5, 0.6) is 0 Å². The maximum atomic E-state index is 11.9. The normalized spacial score (nSPS) is 22.8. The first-order valence-corrected chi connectivity index (χ1v) is 6.68. The molecular weight excluding hydrogens is 200 g/mol. The molecule has 3 heteroatoms. The van der Waals surface area contributed by atoms with E-state index in [2.05, 4.69) is 19.2 Å². The Morgan fingerprint density at radius 2 is 2.25 bits per heavy atom. The van der Waals surface area contributed by atoms with E-state index in [1.165, 1.54) is 25.7 Å². The second-order valence-corrected chi connectivity index (χ2v) is 4.83. The molecule has 16 heavy (non-hydrogen) atoms. The third-order valence-electron chi connectivity index (χ3n) is 3.67. The number of nitrogens with one attached hydrogen (secondary N) is 1. The van der Waals surface area contributed by atoms with Gasteiger partial charge in [-0.2, -0.15) is 0 Å². The number of nitrogens with zero attached hydrogens (tertiary/aromatic N) is 1. The molecular formula is C13H26N2O. The Kier molecular flexibility index (Phi) is 5.81. The SMILES string of the molecule is CCCCC(CC)CN1CCC(NC)C1=O. The Bertz CT molecular complexity index is 218. The van der Waals surface area contributed by atoms with Gasteiger partial charge in [0, 0.05) is 13.1 Å². The lowest BCUT2D eigenvalue weighted by atomic mass is 9.99. The number of carbonyl (C=O) groups excluding carboxylic acids is 1. The van der Waals surface area contributed by atoms with Gasteiger partial charge in [0.15, 0.2) is 0 Å². The Morgan fingerprint density at radius 1 is 1.50 bits per heavy atom. The van der Waals surface area contributed by atoms with Crippen LogP contribution in [0.2, 0.25) is 0 Å². The molecule has 1 rings (SSSR count). The molecule has 1 heterocycles. The predicted octanol–water partition coefficient (Wildman–Crippen LogP) is 2.02. The molecule has 2 unspecified atom stereocenters. The fourth-order valence-corrected chi connectivity index (χ4v) is 2.42. The van der Waals surface area contributed by atoms with Gasteiger partial charge in [0.25, 0.3) is 0 Å².